The predicted octanol–water partition coefficient (Wildman–Crippen LogP) is 2.59. The van der Waals surface area contributed by atoms with Gasteiger partial charge in [-0.15, -0.1) is 0 Å². The molecule has 3 heteroatoms. The summed E-state index contributed by atoms with van der Waals surface area (Å²) in [4.78, 5) is 5.06. The highest BCUT2D eigenvalue weighted by atomic mass is 15.3. The van der Waals surface area contributed by atoms with Gasteiger partial charge in [0.2, 0.25) is 0 Å². The molecule has 1 aromatic carbocycles. The highest BCUT2D eigenvalue weighted by molar-refractivity contribution is 5.33. The molecule has 0 aromatic heterocycles. The van der Waals surface area contributed by atoms with Gasteiger partial charge in [-0.25, -0.2) is 0 Å². The Labute approximate surface area is 130 Å². The van der Waals surface area contributed by atoms with E-state index >= 15 is 0 Å². The van der Waals surface area contributed by atoms with Gasteiger partial charge in [-0.05, 0) is 45.5 Å². The molecule has 1 saturated heterocycles. The SMILES string of the molecule is CCNC(CN1CCN(C)CC1C)c1ccc(C)cc1C. The quantitative estimate of drug-likeness (QED) is 0.899. The Hall–Kier alpha value is -0.900. The summed E-state index contributed by atoms with van der Waals surface area (Å²) < 4.78 is 0. The van der Waals surface area contributed by atoms with Crippen molar-refractivity contribution < 1.29 is 0 Å². The summed E-state index contributed by atoms with van der Waals surface area (Å²) >= 11 is 0. The third-order valence-electron chi connectivity index (χ3n) is 4.64. The summed E-state index contributed by atoms with van der Waals surface area (Å²) in [6.07, 6.45) is 0. The zero-order valence-corrected chi connectivity index (χ0v) is 14.3. The Morgan fingerprint density at radius 1 is 1.29 bits per heavy atom. The Morgan fingerprint density at radius 2 is 2.05 bits per heavy atom. The monoisotopic (exact) mass is 289 g/mol. The lowest BCUT2D eigenvalue weighted by atomic mass is 9.98. The Morgan fingerprint density at radius 3 is 2.67 bits per heavy atom. The molecule has 1 N–H and O–H groups in total. The van der Waals surface area contributed by atoms with Gasteiger partial charge in [-0.3, -0.25) is 4.90 Å². The summed E-state index contributed by atoms with van der Waals surface area (Å²) in [5, 5.41) is 3.68. The van der Waals surface area contributed by atoms with Gasteiger partial charge >= 0.3 is 0 Å². The molecular formula is C18H31N3. The van der Waals surface area contributed by atoms with Crippen LogP contribution < -0.4 is 5.32 Å². The number of hydrogen-bond donors (Lipinski definition) is 1. The number of hydrogen-bond acceptors (Lipinski definition) is 3. The van der Waals surface area contributed by atoms with Gasteiger partial charge in [-0.2, -0.15) is 0 Å². The second-order valence-electron chi connectivity index (χ2n) is 6.58. The fourth-order valence-electron chi connectivity index (χ4n) is 3.42. The third kappa shape index (κ3) is 4.29. The number of nitrogens with one attached hydrogen (secondary N) is 1. The molecule has 1 aliphatic rings. The average molecular weight is 289 g/mol. The van der Waals surface area contributed by atoms with Gasteiger partial charge in [0.1, 0.15) is 0 Å². The molecule has 3 nitrogen and oxygen atoms in total. The van der Waals surface area contributed by atoms with E-state index in [9.17, 15) is 0 Å². The zero-order chi connectivity index (χ0) is 15.4. The van der Waals surface area contributed by atoms with Crippen molar-refractivity contribution in [3.63, 3.8) is 0 Å². The lowest BCUT2D eigenvalue weighted by Crippen LogP contribution is -2.52. The van der Waals surface area contributed by atoms with Gasteiger partial charge in [0.15, 0.2) is 0 Å². The normalized spacial score (nSPS) is 22.4. The molecule has 2 rings (SSSR count). The molecule has 2 unspecified atom stereocenters. The van der Waals surface area contributed by atoms with E-state index in [0.717, 1.165) is 13.1 Å². The summed E-state index contributed by atoms with van der Waals surface area (Å²) in [5.74, 6) is 0. The molecule has 21 heavy (non-hydrogen) atoms. The van der Waals surface area contributed by atoms with Crippen LogP contribution in [0, 0.1) is 13.8 Å². The van der Waals surface area contributed by atoms with Crippen LogP contribution in [-0.2, 0) is 0 Å². The number of likely N-dealkylation sites (N-methyl/N-ethyl adjacent to an activating group) is 2. The summed E-state index contributed by atoms with van der Waals surface area (Å²) in [7, 11) is 2.22. The topological polar surface area (TPSA) is 18.5 Å². The summed E-state index contributed by atoms with van der Waals surface area (Å²) in [5.41, 5.74) is 4.20. The molecule has 0 bridgehead atoms. The zero-order valence-electron chi connectivity index (χ0n) is 14.3. The van der Waals surface area contributed by atoms with E-state index in [0.29, 0.717) is 12.1 Å². The molecule has 1 heterocycles. The molecule has 1 fully saturated rings. The van der Waals surface area contributed by atoms with E-state index in [1.165, 1.54) is 36.3 Å². The molecular weight excluding hydrogens is 258 g/mol. The predicted molar refractivity (Wildman–Crippen MR) is 90.9 cm³/mol. The number of aryl methyl sites for hydroxylation is 2. The van der Waals surface area contributed by atoms with E-state index in [1.54, 1.807) is 0 Å². The van der Waals surface area contributed by atoms with Gasteiger partial charge < -0.3 is 10.2 Å². The molecule has 0 amide bonds. The standard InChI is InChI=1S/C18H31N3/c1-6-19-18(17-8-7-14(2)11-15(17)3)13-21-10-9-20(5)12-16(21)4/h7-8,11,16,18-19H,6,9-10,12-13H2,1-5H3. The van der Waals surface area contributed by atoms with Crippen molar-refractivity contribution in [1.82, 2.24) is 15.1 Å². The van der Waals surface area contributed by atoms with Crippen molar-refractivity contribution in [3.8, 4) is 0 Å². The molecule has 118 valence electrons. The second kappa shape index (κ2) is 7.39. The minimum Gasteiger partial charge on any atom is -0.309 e. The number of rotatable bonds is 5. The smallest absolute Gasteiger partial charge is 0.0452 e. The van der Waals surface area contributed by atoms with Gasteiger partial charge in [0, 0.05) is 38.3 Å². The van der Waals surface area contributed by atoms with Crippen LogP contribution in [0.1, 0.15) is 36.6 Å². The van der Waals surface area contributed by atoms with E-state index in [4.69, 9.17) is 0 Å². The molecule has 0 radical (unpaired) electrons. The van der Waals surface area contributed by atoms with Crippen LogP contribution in [0.3, 0.4) is 0 Å². The van der Waals surface area contributed by atoms with Crippen molar-refractivity contribution in [2.24, 2.45) is 0 Å². The fraction of sp³-hybridized carbons (Fsp3) is 0.667. The van der Waals surface area contributed by atoms with E-state index in [1.807, 2.05) is 0 Å². The van der Waals surface area contributed by atoms with E-state index in [2.05, 4.69) is 68.1 Å². The molecule has 2 atom stereocenters. The van der Waals surface area contributed by atoms with Gasteiger partial charge in [-0.1, -0.05) is 30.7 Å². The molecule has 0 aliphatic carbocycles. The van der Waals surface area contributed by atoms with Crippen molar-refractivity contribution in [2.75, 3.05) is 39.8 Å². The van der Waals surface area contributed by atoms with Crippen molar-refractivity contribution >= 4 is 0 Å². The summed E-state index contributed by atoms with van der Waals surface area (Å²) in [6, 6.07) is 7.91. The fourth-order valence-corrected chi connectivity index (χ4v) is 3.42. The highest BCUT2D eigenvalue weighted by Gasteiger charge is 2.25. The van der Waals surface area contributed by atoms with Crippen LogP contribution in [0.5, 0.6) is 0 Å². The average Bonchev–Trinajstić information content (AvgIpc) is 2.41. The van der Waals surface area contributed by atoms with Crippen LogP contribution in [-0.4, -0.2) is 55.6 Å². The minimum absolute atomic E-state index is 0.432. The van der Waals surface area contributed by atoms with Crippen molar-refractivity contribution in [2.45, 2.75) is 39.8 Å². The number of nitrogens with zero attached hydrogens (tertiary/aromatic N) is 2. The first-order chi connectivity index (χ1) is 10.0. The molecule has 1 aliphatic heterocycles. The summed E-state index contributed by atoms with van der Waals surface area (Å²) in [6.45, 7) is 14.6. The molecule has 0 saturated carbocycles. The van der Waals surface area contributed by atoms with Gasteiger partial charge in [0.25, 0.3) is 0 Å². The Kier molecular flexibility index (Phi) is 5.80. The first-order valence-corrected chi connectivity index (χ1v) is 8.24. The van der Waals surface area contributed by atoms with Crippen molar-refractivity contribution in [1.29, 1.82) is 0 Å². The third-order valence-corrected chi connectivity index (χ3v) is 4.64. The lowest BCUT2D eigenvalue weighted by molar-refractivity contribution is 0.0905. The van der Waals surface area contributed by atoms with Crippen molar-refractivity contribution in [3.05, 3.63) is 34.9 Å². The molecule has 0 spiro atoms. The lowest BCUT2D eigenvalue weighted by Gasteiger charge is -2.40. The van der Waals surface area contributed by atoms with E-state index < -0.39 is 0 Å². The van der Waals surface area contributed by atoms with Crippen LogP contribution in [0.4, 0.5) is 0 Å². The Balaban J connectivity index is 2.11. The highest BCUT2D eigenvalue weighted by Crippen LogP contribution is 2.22. The number of piperazine rings is 1. The minimum atomic E-state index is 0.432. The largest absolute Gasteiger partial charge is 0.309 e. The van der Waals surface area contributed by atoms with Gasteiger partial charge in [0.05, 0.1) is 0 Å². The maximum absolute atomic E-state index is 3.68. The Bertz CT molecular complexity index is 458. The maximum atomic E-state index is 3.68. The van der Waals surface area contributed by atoms with Crippen LogP contribution >= 0.6 is 0 Å². The van der Waals surface area contributed by atoms with Crippen LogP contribution in [0.2, 0.25) is 0 Å². The first kappa shape index (κ1) is 16.5. The molecule has 1 aromatic rings. The first-order valence-electron chi connectivity index (χ1n) is 8.24. The van der Waals surface area contributed by atoms with Crippen LogP contribution in [0.25, 0.3) is 0 Å². The van der Waals surface area contributed by atoms with Crippen LogP contribution in [0.15, 0.2) is 18.2 Å². The van der Waals surface area contributed by atoms with E-state index in [-0.39, 0.29) is 0 Å². The maximum Gasteiger partial charge on any atom is 0.0452 e. The second-order valence-corrected chi connectivity index (χ2v) is 6.58. The number of benzene rings is 1.